The molecular weight excluding hydrogens is 236 g/mol. The minimum absolute atomic E-state index is 0.142. The number of likely N-dealkylation sites (tertiary alicyclic amines) is 1. The molecule has 1 aliphatic heterocycles. The van der Waals surface area contributed by atoms with Gasteiger partial charge >= 0.3 is 12.1 Å². The molecule has 0 aromatic carbocycles. The van der Waals surface area contributed by atoms with Crippen LogP contribution >= 0.6 is 0 Å². The van der Waals surface area contributed by atoms with Gasteiger partial charge < -0.3 is 15.6 Å². The van der Waals surface area contributed by atoms with Crippen molar-refractivity contribution < 1.29 is 19.4 Å². The second-order valence-corrected chi connectivity index (χ2v) is 5.67. The van der Waals surface area contributed by atoms with Gasteiger partial charge in [-0.15, -0.1) is 0 Å². The van der Waals surface area contributed by atoms with Crippen molar-refractivity contribution in [2.24, 2.45) is 11.7 Å². The summed E-state index contributed by atoms with van der Waals surface area (Å²) in [6, 6.07) is -0.795. The van der Waals surface area contributed by atoms with Crippen molar-refractivity contribution in [2.75, 3.05) is 13.1 Å². The molecule has 3 N–H and O–H groups in total. The summed E-state index contributed by atoms with van der Waals surface area (Å²) in [5.41, 5.74) is 4.85. The molecular formula is C12H22N2O4. The van der Waals surface area contributed by atoms with Crippen LogP contribution in [0.15, 0.2) is 0 Å². The van der Waals surface area contributed by atoms with Crippen LogP contribution < -0.4 is 5.73 Å². The van der Waals surface area contributed by atoms with E-state index in [1.807, 2.05) is 0 Å². The first-order valence-electron chi connectivity index (χ1n) is 6.17. The van der Waals surface area contributed by atoms with E-state index in [0.717, 1.165) is 6.42 Å². The molecule has 0 aromatic heterocycles. The van der Waals surface area contributed by atoms with Crippen LogP contribution in [0.2, 0.25) is 0 Å². The molecule has 2 atom stereocenters. The summed E-state index contributed by atoms with van der Waals surface area (Å²) in [6.45, 7) is 6.18. The average molecular weight is 258 g/mol. The fraction of sp³-hybridized carbons (Fsp3) is 0.833. The molecule has 1 rings (SSSR count). The standard InChI is InChI=1S/C12H22N2O4/c1-12(2,3)18-11(17)14-7-8(4-5-13)6-9(14)10(15)16/h8-9H,4-7,13H2,1-3H3,(H,15,16)/t8-,9-/m0/s1. The summed E-state index contributed by atoms with van der Waals surface area (Å²) in [6.07, 6.45) is 0.615. The first-order chi connectivity index (χ1) is 8.24. The molecule has 1 amide bonds. The number of carbonyl (C=O) groups excluding carboxylic acids is 1. The van der Waals surface area contributed by atoms with Gasteiger partial charge in [0, 0.05) is 6.54 Å². The van der Waals surface area contributed by atoms with Crippen LogP contribution in [0.25, 0.3) is 0 Å². The lowest BCUT2D eigenvalue weighted by atomic mass is 10.0. The maximum atomic E-state index is 11.9. The summed E-state index contributed by atoms with van der Waals surface area (Å²) >= 11 is 0. The van der Waals surface area contributed by atoms with Crippen molar-refractivity contribution >= 4 is 12.1 Å². The van der Waals surface area contributed by atoms with E-state index in [1.165, 1.54) is 4.90 Å². The largest absolute Gasteiger partial charge is 0.480 e. The second kappa shape index (κ2) is 5.56. The van der Waals surface area contributed by atoms with Gasteiger partial charge in [0.05, 0.1) is 0 Å². The lowest BCUT2D eigenvalue weighted by molar-refractivity contribution is -0.142. The lowest BCUT2D eigenvalue weighted by Crippen LogP contribution is -2.43. The molecule has 0 aromatic rings. The highest BCUT2D eigenvalue weighted by molar-refractivity contribution is 5.80. The average Bonchev–Trinajstić information content (AvgIpc) is 2.59. The third-order valence-corrected chi connectivity index (χ3v) is 2.88. The van der Waals surface area contributed by atoms with Gasteiger partial charge in [-0.2, -0.15) is 0 Å². The Kier molecular flexibility index (Phi) is 4.56. The molecule has 0 spiro atoms. The zero-order valence-corrected chi connectivity index (χ0v) is 11.2. The van der Waals surface area contributed by atoms with Crippen molar-refractivity contribution in [1.29, 1.82) is 0 Å². The van der Waals surface area contributed by atoms with Gasteiger partial charge in [-0.3, -0.25) is 4.90 Å². The van der Waals surface area contributed by atoms with E-state index in [-0.39, 0.29) is 5.92 Å². The van der Waals surface area contributed by atoms with Gasteiger partial charge in [-0.1, -0.05) is 0 Å². The Morgan fingerprint density at radius 1 is 1.44 bits per heavy atom. The Balaban J connectivity index is 2.72. The number of ether oxygens (including phenoxy) is 1. The summed E-state index contributed by atoms with van der Waals surface area (Å²) in [7, 11) is 0. The van der Waals surface area contributed by atoms with E-state index in [0.29, 0.717) is 19.5 Å². The number of nitrogens with two attached hydrogens (primary N) is 1. The van der Waals surface area contributed by atoms with Crippen LogP contribution in [0, 0.1) is 5.92 Å². The van der Waals surface area contributed by atoms with Crippen molar-refractivity contribution in [2.45, 2.75) is 45.3 Å². The number of carboxylic acids is 1. The fourth-order valence-corrected chi connectivity index (χ4v) is 2.12. The molecule has 18 heavy (non-hydrogen) atoms. The third kappa shape index (κ3) is 3.87. The zero-order valence-electron chi connectivity index (χ0n) is 11.2. The molecule has 0 radical (unpaired) electrons. The predicted octanol–water partition coefficient (Wildman–Crippen LogP) is 1.05. The number of amides is 1. The summed E-state index contributed by atoms with van der Waals surface area (Å²) in [4.78, 5) is 24.4. The Bertz CT molecular complexity index is 325. The Labute approximate surface area is 107 Å². The Morgan fingerprint density at radius 3 is 2.50 bits per heavy atom. The topological polar surface area (TPSA) is 92.9 Å². The Morgan fingerprint density at radius 2 is 2.06 bits per heavy atom. The molecule has 6 nitrogen and oxygen atoms in total. The highest BCUT2D eigenvalue weighted by Crippen LogP contribution is 2.27. The van der Waals surface area contributed by atoms with Gasteiger partial charge in [0.1, 0.15) is 11.6 Å². The van der Waals surface area contributed by atoms with E-state index in [9.17, 15) is 9.59 Å². The number of rotatable bonds is 3. The highest BCUT2D eigenvalue weighted by atomic mass is 16.6. The van der Waals surface area contributed by atoms with E-state index < -0.39 is 23.7 Å². The molecule has 1 saturated heterocycles. The maximum Gasteiger partial charge on any atom is 0.411 e. The van der Waals surface area contributed by atoms with Crippen LogP contribution in [-0.2, 0) is 9.53 Å². The van der Waals surface area contributed by atoms with Crippen LogP contribution in [0.4, 0.5) is 4.79 Å². The number of aliphatic carboxylic acids is 1. The molecule has 1 heterocycles. The normalized spacial score (nSPS) is 24.1. The van der Waals surface area contributed by atoms with Crippen molar-refractivity contribution in [3.05, 3.63) is 0 Å². The van der Waals surface area contributed by atoms with Gasteiger partial charge in [-0.05, 0) is 46.1 Å². The molecule has 0 unspecified atom stereocenters. The van der Waals surface area contributed by atoms with Crippen LogP contribution in [0.1, 0.15) is 33.6 Å². The van der Waals surface area contributed by atoms with Gasteiger partial charge in [0.2, 0.25) is 0 Å². The zero-order chi connectivity index (χ0) is 13.9. The maximum absolute atomic E-state index is 11.9. The van der Waals surface area contributed by atoms with Gasteiger partial charge in [-0.25, -0.2) is 9.59 Å². The number of carbonyl (C=O) groups is 2. The molecule has 0 saturated carbocycles. The lowest BCUT2D eigenvalue weighted by Gasteiger charge is -2.26. The van der Waals surface area contributed by atoms with Crippen molar-refractivity contribution in [3.63, 3.8) is 0 Å². The van der Waals surface area contributed by atoms with Gasteiger partial charge in [0.25, 0.3) is 0 Å². The van der Waals surface area contributed by atoms with E-state index in [2.05, 4.69) is 0 Å². The summed E-state index contributed by atoms with van der Waals surface area (Å²) < 4.78 is 5.22. The second-order valence-electron chi connectivity index (χ2n) is 5.67. The van der Waals surface area contributed by atoms with Crippen LogP contribution in [0.3, 0.4) is 0 Å². The third-order valence-electron chi connectivity index (χ3n) is 2.88. The molecule has 0 bridgehead atoms. The van der Waals surface area contributed by atoms with E-state index >= 15 is 0 Å². The number of nitrogens with zero attached hydrogens (tertiary/aromatic N) is 1. The van der Waals surface area contributed by atoms with Gasteiger partial charge in [0.15, 0.2) is 0 Å². The minimum atomic E-state index is -0.986. The number of hydrogen-bond acceptors (Lipinski definition) is 4. The van der Waals surface area contributed by atoms with Crippen LogP contribution in [-0.4, -0.2) is 46.8 Å². The van der Waals surface area contributed by atoms with E-state index in [1.54, 1.807) is 20.8 Å². The van der Waals surface area contributed by atoms with Crippen molar-refractivity contribution in [3.8, 4) is 0 Å². The summed E-state index contributed by atoms with van der Waals surface area (Å²) in [5.74, 6) is -0.844. The summed E-state index contributed by atoms with van der Waals surface area (Å²) in [5, 5.41) is 9.14. The Hall–Kier alpha value is -1.30. The SMILES string of the molecule is CC(C)(C)OC(=O)N1C[C@@H](CCN)C[C@H]1C(=O)O. The van der Waals surface area contributed by atoms with Crippen LogP contribution in [0.5, 0.6) is 0 Å². The number of hydrogen-bond donors (Lipinski definition) is 2. The monoisotopic (exact) mass is 258 g/mol. The molecule has 0 aliphatic carbocycles. The van der Waals surface area contributed by atoms with Crippen molar-refractivity contribution in [1.82, 2.24) is 4.90 Å². The molecule has 104 valence electrons. The molecule has 6 heteroatoms. The predicted molar refractivity (Wildman–Crippen MR) is 66.1 cm³/mol. The smallest absolute Gasteiger partial charge is 0.411 e. The van der Waals surface area contributed by atoms with E-state index in [4.69, 9.17) is 15.6 Å². The first-order valence-corrected chi connectivity index (χ1v) is 6.17. The fourth-order valence-electron chi connectivity index (χ4n) is 2.12. The highest BCUT2D eigenvalue weighted by Gasteiger charge is 2.41. The molecule has 1 aliphatic rings. The first kappa shape index (κ1) is 14.8. The number of carboxylic acid groups (broad SMARTS) is 1. The quantitative estimate of drug-likeness (QED) is 0.789. The molecule has 1 fully saturated rings. The minimum Gasteiger partial charge on any atom is -0.480 e.